The molecule has 2 unspecified atom stereocenters. The van der Waals surface area contributed by atoms with Gasteiger partial charge in [0.15, 0.2) is 5.69 Å². The number of amides is 2. The van der Waals surface area contributed by atoms with Gasteiger partial charge in [-0.15, -0.1) is 0 Å². The van der Waals surface area contributed by atoms with E-state index in [-0.39, 0.29) is 41.1 Å². The summed E-state index contributed by atoms with van der Waals surface area (Å²) < 4.78 is 84.4. The molecule has 0 saturated carbocycles. The molecular formula is C30H25F6N5O2. The van der Waals surface area contributed by atoms with Crippen LogP contribution in [0.2, 0.25) is 0 Å². The molecule has 2 amide bonds. The normalized spacial score (nSPS) is 15.3. The van der Waals surface area contributed by atoms with Crippen molar-refractivity contribution in [1.82, 2.24) is 20.1 Å². The van der Waals surface area contributed by atoms with Gasteiger partial charge in [0.2, 0.25) is 5.91 Å². The number of nitrogens with one attached hydrogen (secondary N) is 1. The van der Waals surface area contributed by atoms with Crippen LogP contribution in [-0.2, 0) is 36.8 Å². The molecule has 43 heavy (non-hydrogen) atoms. The maximum Gasteiger partial charge on any atom is 0.435 e. The fourth-order valence-corrected chi connectivity index (χ4v) is 5.46. The van der Waals surface area contributed by atoms with Gasteiger partial charge in [-0.1, -0.05) is 19.1 Å². The molecule has 2 aromatic carbocycles. The molecule has 0 bridgehead atoms. The summed E-state index contributed by atoms with van der Waals surface area (Å²) in [5.74, 6) is -4.35. The van der Waals surface area contributed by atoms with Crippen LogP contribution in [-0.4, -0.2) is 26.6 Å². The summed E-state index contributed by atoms with van der Waals surface area (Å²) in [6.45, 7) is 1.25. The van der Waals surface area contributed by atoms with Gasteiger partial charge in [-0.25, -0.2) is 13.2 Å². The minimum atomic E-state index is -4.69. The zero-order chi connectivity index (χ0) is 31.1. The number of hydrogen-bond donors (Lipinski definition) is 2. The number of nitrogens with two attached hydrogens (primary N) is 1. The second-order valence-corrected chi connectivity index (χ2v) is 10.5. The van der Waals surface area contributed by atoms with E-state index in [0.717, 1.165) is 22.9 Å². The summed E-state index contributed by atoms with van der Waals surface area (Å²) in [6.07, 6.45) is -2.96. The smallest absolute Gasteiger partial charge is 0.366 e. The molecule has 0 radical (unpaired) electrons. The number of pyridine rings is 1. The van der Waals surface area contributed by atoms with E-state index in [1.807, 2.05) is 0 Å². The van der Waals surface area contributed by atoms with Crippen molar-refractivity contribution in [2.75, 3.05) is 0 Å². The standard InChI is InChI=1S/C30H25F6N5O2/c1-15-7-22-25(8-15)41(40-28(22)30(34,35)36)14-26(42)39-24(11-16-9-18(31)13-19(32)10-16)27-20(3-2-6-38-27)17-4-5-23(33)21(12-17)29(37)43/h2-6,9-10,12-13,15,24H,7-8,11,14H2,1H3,(H2,37,43)(H,39,42). The number of rotatable bonds is 8. The maximum atomic E-state index is 14.2. The summed E-state index contributed by atoms with van der Waals surface area (Å²) in [5.41, 5.74) is 5.29. The predicted octanol–water partition coefficient (Wildman–Crippen LogP) is 5.32. The van der Waals surface area contributed by atoms with Crippen LogP contribution in [0.4, 0.5) is 26.3 Å². The molecule has 2 heterocycles. The van der Waals surface area contributed by atoms with Crippen molar-refractivity contribution in [2.45, 2.75) is 44.9 Å². The minimum Gasteiger partial charge on any atom is -0.366 e. The van der Waals surface area contributed by atoms with Gasteiger partial charge in [0.1, 0.15) is 24.0 Å². The average Bonchev–Trinajstić information content (AvgIpc) is 3.45. The molecule has 1 aliphatic rings. The van der Waals surface area contributed by atoms with Gasteiger partial charge in [0.25, 0.3) is 5.91 Å². The molecule has 0 spiro atoms. The molecule has 7 nitrogen and oxygen atoms in total. The highest BCUT2D eigenvalue weighted by atomic mass is 19.4. The molecular weight excluding hydrogens is 576 g/mol. The molecule has 4 aromatic rings. The Labute approximate surface area is 241 Å². The zero-order valence-electron chi connectivity index (χ0n) is 22.7. The molecule has 3 N–H and O–H groups in total. The Morgan fingerprint density at radius 2 is 1.79 bits per heavy atom. The summed E-state index contributed by atoms with van der Waals surface area (Å²) in [7, 11) is 0. The Morgan fingerprint density at radius 1 is 1.07 bits per heavy atom. The van der Waals surface area contributed by atoms with Crippen LogP contribution in [0.5, 0.6) is 0 Å². The van der Waals surface area contributed by atoms with Crippen molar-refractivity contribution < 1.29 is 35.9 Å². The van der Waals surface area contributed by atoms with E-state index in [9.17, 15) is 35.9 Å². The zero-order valence-corrected chi connectivity index (χ0v) is 22.7. The quantitative estimate of drug-likeness (QED) is 0.267. The second-order valence-electron chi connectivity index (χ2n) is 10.5. The van der Waals surface area contributed by atoms with Crippen molar-refractivity contribution in [3.05, 3.63) is 106 Å². The van der Waals surface area contributed by atoms with E-state index < -0.39 is 53.7 Å². The number of alkyl halides is 3. The van der Waals surface area contributed by atoms with Crippen LogP contribution in [0.1, 0.15) is 51.5 Å². The van der Waals surface area contributed by atoms with Crippen molar-refractivity contribution in [2.24, 2.45) is 11.7 Å². The van der Waals surface area contributed by atoms with Crippen LogP contribution in [0.3, 0.4) is 0 Å². The first kappa shape index (κ1) is 29.8. The van der Waals surface area contributed by atoms with E-state index in [4.69, 9.17) is 5.73 Å². The van der Waals surface area contributed by atoms with Crippen LogP contribution in [0.25, 0.3) is 11.1 Å². The van der Waals surface area contributed by atoms with Gasteiger partial charge in [0.05, 0.1) is 17.3 Å². The summed E-state index contributed by atoms with van der Waals surface area (Å²) in [5, 5.41) is 6.43. The van der Waals surface area contributed by atoms with E-state index in [1.54, 1.807) is 19.1 Å². The Balaban J connectivity index is 1.52. The third-order valence-corrected chi connectivity index (χ3v) is 7.23. The van der Waals surface area contributed by atoms with Crippen molar-refractivity contribution in [3.63, 3.8) is 0 Å². The van der Waals surface area contributed by atoms with Gasteiger partial charge in [-0.3, -0.25) is 19.3 Å². The monoisotopic (exact) mass is 601 g/mol. The molecule has 224 valence electrons. The molecule has 2 atom stereocenters. The van der Waals surface area contributed by atoms with Crippen molar-refractivity contribution in [3.8, 4) is 11.1 Å². The Kier molecular flexibility index (Phi) is 8.00. The van der Waals surface area contributed by atoms with Crippen LogP contribution >= 0.6 is 0 Å². The molecule has 0 aliphatic heterocycles. The first-order chi connectivity index (χ1) is 20.3. The van der Waals surface area contributed by atoms with Gasteiger partial charge in [0, 0.05) is 29.1 Å². The lowest BCUT2D eigenvalue weighted by atomic mass is 9.94. The highest BCUT2D eigenvalue weighted by Crippen LogP contribution is 2.38. The second kappa shape index (κ2) is 11.5. The number of carbonyl (C=O) groups is 2. The minimum absolute atomic E-state index is 0.0592. The summed E-state index contributed by atoms with van der Waals surface area (Å²) in [6, 6.07) is 8.54. The van der Waals surface area contributed by atoms with Gasteiger partial charge in [-0.2, -0.15) is 18.3 Å². The number of halogens is 6. The number of hydrogen-bond acceptors (Lipinski definition) is 4. The van der Waals surface area contributed by atoms with E-state index >= 15 is 0 Å². The molecule has 2 aromatic heterocycles. The number of nitrogens with zero attached hydrogens (tertiary/aromatic N) is 3. The molecule has 0 saturated heterocycles. The third-order valence-electron chi connectivity index (χ3n) is 7.23. The number of aromatic nitrogens is 3. The Bertz CT molecular complexity index is 1700. The highest BCUT2D eigenvalue weighted by molar-refractivity contribution is 5.94. The molecule has 5 rings (SSSR count). The number of primary amides is 1. The van der Waals surface area contributed by atoms with Crippen LogP contribution in [0, 0.1) is 23.4 Å². The molecule has 0 fully saturated rings. The maximum absolute atomic E-state index is 14.2. The summed E-state index contributed by atoms with van der Waals surface area (Å²) >= 11 is 0. The van der Waals surface area contributed by atoms with Gasteiger partial charge in [-0.05, 0) is 66.6 Å². The average molecular weight is 602 g/mol. The number of fused-ring (bicyclic) bond motifs is 1. The Morgan fingerprint density at radius 3 is 2.47 bits per heavy atom. The van der Waals surface area contributed by atoms with Gasteiger partial charge >= 0.3 is 6.18 Å². The van der Waals surface area contributed by atoms with E-state index in [1.165, 1.54) is 18.3 Å². The lowest BCUT2D eigenvalue weighted by molar-refractivity contribution is -0.142. The van der Waals surface area contributed by atoms with E-state index in [0.29, 0.717) is 29.3 Å². The predicted molar refractivity (Wildman–Crippen MR) is 143 cm³/mol. The molecule has 1 aliphatic carbocycles. The number of carbonyl (C=O) groups excluding carboxylic acids is 2. The van der Waals surface area contributed by atoms with E-state index in [2.05, 4.69) is 15.4 Å². The largest absolute Gasteiger partial charge is 0.435 e. The summed E-state index contributed by atoms with van der Waals surface area (Å²) in [4.78, 5) is 29.5. The van der Waals surface area contributed by atoms with Crippen molar-refractivity contribution in [1.29, 1.82) is 0 Å². The highest BCUT2D eigenvalue weighted by Gasteiger charge is 2.41. The van der Waals surface area contributed by atoms with Crippen molar-refractivity contribution >= 4 is 11.8 Å². The molecule has 13 heteroatoms. The first-order valence-electron chi connectivity index (χ1n) is 13.2. The van der Waals surface area contributed by atoms with Crippen LogP contribution in [0.15, 0.2) is 54.7 Å². The Hall–Kier alpha value is -4.68. The SMILES string of the molecule is CC1Cc2c(C(F)(F)F)nn(CC(=O)NC(Cc3cc(F)cc(F)c3)c3ncccc3-c3ccc(F)c(C(N)=O)c3)c2C1. The number of benzene rings is 2. The van der Waals surface area contributed by atoms with Gasteiger partial charge < -0.3 is 11.1 Å². The third kappa shape index (κ3) is 6.40. The van der Waals surface area contributed by atoms with Crippen LogP contribution < -0.4 is 11.1 Å². The topological polar surface area (TPSA) is 103 Å². The lowest BCUT2D eigenvalue weighted by Crippen LogP contribution is -2.34. The first-order valence-corrected chi connectivity index (χ1v) is 13.2. The lowest BCUT2D eigenvalue weighted by Gasteiger charge is -2.22. The fourth-order valence-electron chi connectivity index (χ4n) is 5.46. The fraction of sp³-hybridized carbons (Fsp3) is 0.267.